The molecular formula is C22H23N3O. The van der Waals surface area contributed by atoms with E-state index in [1.165, 1.54) is 11.1 Å². The Hall–Kier alpha value is -2.62. The first kappa shape index (κ1) is 15.6. The lowest BCUT2D eigenvalue weighted by atomic mass is 9.72. The summed E-state index contributed by atoms with van der Waals surface area (Å²) in [4.78, 5) is 22.7. The molecule has 4 heteroatoms. The SMILES string of the molecule is CC12CCN(C(=O)c3ccc4nc[nH]c4c3)C(CCc3ccccc31)C2. The lowest BCUT2D eigenvalue weighted by Gasteiger charge is -2.44. The zero-order valence-electron chi connectivity index (χ0n) is 15.0. The molecule has 2 aromatic carbocycles. The van der Waals surface area contributed by atoms with Gasteiger partial charge in [-0.05, 0) is 60.4 Å². The average Bonchev–Trinajstić information content (AvgIpc) is 3.10. The van der Waals surface area contributed by atoms with Crippen LogP contribution in [0.5, 0.6) is 0 Å². The number of benzene rings is 2. The minimum absolute atomic E-state index is 0.152. The molecule has 3 aromatic rings. The fraction of sp³-hybridized carbons (Fsp3) is 0.364. The first-order valence-corrected chi connectivity index (χ1v) is 9.47. The number of piperidine rings is 1. The Labute approximate surface area is 153 Å². The van der Waals surface area contributed by atoms with Gasteiger partial charge >= 0.3 is 0 Å². The van der Waals surface area contributed by atoms with E-state index >= 15 is 0 Å². The molecule has 26 heavy (non-hydrogen) atoms. The van der Waals surface area contributed by atoms with Crippen molar-refractivity contribution in [1.82, 2.24) is 14.9 Å². The number of H-pyrrole nitrogens is 1. The van der Waals surface area contributed by atoms with Gasteiger partial charge in [-0.25, -0.2) is 4.98 Å². The molecule has 2 atom stereocenters. The van der Waals surface area contributed by atoms with Crippen LogP contribution in [0.1, 0.15) is 47.7 Å². The number of amides is 1. The molecule has 0 saturated carbocycles. The van der Waals surface area contributed by atoms with Gasteiger partial charge in [-0.1, -0.05) is 31.2 Å². The van der Waals surface area contributed by atoms with Crippen LogP contribution in [0.4, 0.5) is 0 Å². The maximum Gasteiger partial charge on any atom is 0.254 e. The van der Waals surface area contributed by atoms with Gasteiger partial charge in [0, 0.05) is 18.2 Å². The molecule has 1 N–H and O–H groups in total. The molecule has 1 aliphatic heterocycles. The third-order valence-corrected chi connectivity index (χ3v) is 6.37. The quantitative estimate of drug-likeness (QED) is 0.723. The minimum Gasteiger partial charge on any atom is -0.345 e. The molecule has 1 aromatic heterocycles. The number of nitrogens with zero attached hydrogens (tertiary/aromatic N) is 2. The second-order valence-electron chi connectivity index (χ2n) is 8.00. The van der Waals surface area contributed by atoms with E-state index in [9.17, 15) is 4.79 Å². The largest absolute Gasteiger partial charge is 0.345 e. The number of carbonyl (C=O) groups excluding carboxylic acids is 1. The fourth-order valence-corrected chi connectivity index (χ4v) is 4.94. The highest BCUT2D eigenvalue weighted by Crippen LogP contribution is 2.43. The van der Waals surface area contributed by atoms with Gasteiger partial charge in [0.05, 0.1) is 17.4 Å². The molecule has 1 saturated heterocycles. The van der Waals surface area contributed by atoms with E-state index in [0.717, 1.165) is 48.8 Å². The predicted molar refractivity (Wildman–Crippen MR) is 102 cm³/mol. The summed E-state index contributed by atoms with van der Waals surface area (Å²) in [6.07, 6.45) is 5.86. The van der Waals surface area contributed by atoms with Crippen molar-refractivity contribution < 1.29 is 4.79 Å². The number of aryl methyl sites for hydroxylation is 1. The molecule has 4 nitrogen and oxygen atoms in total. The number of fused-ring (bicyclic) bond motifs is 5. The zero-order chi connectivity index (χ0) is 17.7. The summed E-state index contributed by atoms with van der Waals surface area (Å²) in [7, 11) is 0. The number of hydrogen-bond acceptors (Lipinski definition) is 2. The molecule has 2 aliphatic rings. The molecule has 2 unspecified atom stereocenters. The Kier molecular flexibility index (Phi) is 3.42. The topological polar surface area (TPSA) is 49.0 Å². The Bertz CT molecular complexity index is 992. The summed E-state index contributed by atoms with van der Waals surface area (Å²) in [5.41, 5.74) is 5.72. The van der Waals surface area contributed by atoms with Crippen LogP contribution in [0.25, 0.3) is 11.0 Å². The van der Waals surface area contributed by atoms with Crippen molar-refractivity contribution in [3.63, 3.8) is 0 Å². The number of rotatable bonds is 1. The molecule has 2 bridgehead atoms. The summed E-state index contributed by atoms with van der Waals surface area (Å²) < 4.78 is 0. The second-order valence-corrected chi connectivity index (χ2v) is 8.00. The summed E-state index contributed by atoms with van der Waals surface area (Å²) in [5.74, 6) is 0.152. The van der Waals surface area contributed by atoms with Crippen LogP contribution < -0.4 is 0 Å². The van der Waals surface area contributed by atoms with Crippen LogP contribution >= 0.6 is 0 Å². The number of carbonyl (C=O) groups is 1. The molecule has 1 amide bonds. The maximum absolute atomic E-state index is 13.2. The van der Waals surface area contributed by atoms with Crippen LogP contribution in [-0.4, -0.2) is 33.4 Å². The van der Waals surface area contributed by atoms with Gasteiger partial charge in [-0.15, -0.1) is 0 Å². The van der Waals surface area contributed by atoms with E-state index in [1.807, 2.05) is 18.2 Å². The number of hydrogen-bond donors (Lipinski definition) is 1. The van der Waals surface area contributed by atoms with Crippen LogP contribution in [0, 0.1) is 0 Å². The Morgan fingerprint density at radius 1 is 1.27 bits per heavy atom. The zero-order valence-corrected chi connectivity index (χ0v) is 15.0. The highest BCUT2D eigenvalue weighted by atomic mass is 16.2. The van der Waals surface area contributed by atoms with E-state index in [2.05, 4.69) is 46.1 Å². The number of aromatic amines is 1. The van der Waals surface area contributed by atoms with E-state index < -0.39 is 0 Å². The van der Waals surface area contributed by atoms with Gasteiger partial charge in [0.2, 0.25) is 0 Å². The van der Waals surface area contributed by atoms with Crippen molar-refractivity contribution in [1.29, 1.82) is 0 Å². The highest BCUT2D eigenvalue weighted by Gasteiger charge is 2.42. The first-order valence-electron chi connectivity index (χ1n) is 9.47. The predicted octanol–water partition coefficient (Wildman–Crippen LogP) is 4.07. The number of aromatic nitrogens is 2. The van der Waals surface area contributed by atoms with E-state index in [-0.39, 0.29) is 11.3 Å². The van der Waals surface area contributed by atoms with Gasteiger partial charge in [0.1, 0.15) is 0 Å². The first-order chi connectivity index (χ1) is 12.6. The van der Waals surface area contributed by atoms with E-state index in [4.69, 9.17) is 0 Å². The molecule has 132 valence electrons. The Morgan fingerprint density at radius 3 is 3.08 bits per heavy atom. The molecule has 2 heterocycles. The third-order valence-electron chi connectivity index (χ3n) is 6.37. The third kappa shape index (κ3) is 2.36. The van der Waals surface area contributed by atoms with Crippen molar-refractivity contribution in [3.05, 3.63) is 65.5 Å². The smallest absolute Gasteiger partial charge is 0.254 e. The van der Waals surface area contributed by atoms with Crippen LogP contribution in [-0.2, 0) is 11.8 Å². The molecule has 1 aliphatic carbocycles. The summed E-state index contributed by atoms with van der Waals surface area (Å²) in [6.45, 7) is 3.21. The monoisotopic (exact) mass is 345 g/mol. The highest BCUT2D eigenvalue weighted by molar-refractivity contribution is 5.97. The van der Waals surface area contributed by atoms with Crippen LogP contribution in [0.3, 0.4) is 0 Å². The Balaban J connectivity index is 1.46. The Morgan fingerprint density at radius 2 is 2.15 bits per heavy atom. The summed E-state index contributed by atoms with van der Waals surface area (Å²) in [5, 5.41) is 0. The minimum atomic E-state index is 0.152. The number of imidazole rings is 1. The molecule has 0 spiro atoms. The summed E-state index contributed by atoms with van der Waals surface area (Å²) in [6, 6.07) is 14.9. The van der Waals surface area contributed by atoms with Gasteiger partial charge in [0.25, 0.3) is 5.91 Å². The standard InChI is InChI=1S/C22H23N3O/c1-22-10-11-25(17(13-22)8-6-15-4-2-3-5-18(15)22)21(26)16-7-9-19-20(12-16)24-14-23-19/h2-5,7,9,12,14,17H,6,8,10-11,13H2,1H3,(H,23,24). The average molecular weight is 345 g/mol. The lowest BCUT2D eigenvalue weighted by molar-refractivity contribution is 0.0519. The van der Waals surface area contributed by atoms with Crippen LogP contribution in [0.15, 0.2) is 48.8 Å². The van der Waals surface area contributed by atoms with Gasteiger partial charge < -0.3 is 9.88 Å². The molecule has 5 rings (SSSR count). The number of likely N-dealkylation sites (tertiary alicyclic amines) is 1. The maximum atomic E-state index is 13.2. The van der Waals surface area contributed by atoms with E-state index in [1.54, 1.807) is 6.33 Å². The molecule has 0 radical (unpaired) electrons. The van der Waals surface area contributed by atoms with Gasteiger partial charge in [-0.2, -0.15) is 0 Å². The fourth-order valence-electron chi connectivity index (χ4n) is 4.94. The normalized spacial score (nSPS) is 25.0. The summed E-state index contributed by atoms with van der Waals surface area (Å²) >= 11 is 0. The van der Waals surface area contributed by atoms with E-state index in [0.29, 0.717) is 6.04 Å². The number of nitrogens with one attached hydrogen (secondary N) is 1. The van der Waals surface area contributed by atoms with Gasteiger partial charge in [0.15, 0.2) is 0 Å². The lowest BCUT2D eigenvalue weighted by Crippen LogP contribution is -2.49. The molecular weight excluding hydrogens is 322 g/mol. The second kappa shape index (κ2) is 5.70. The van der Waals surface area contributed by atoms with Gasteiger partial charge in [-0.3, -0.25) is 4.79 Å². The van der Waals surface area contributed by atoms with Crippen LogP contribution in [0.2, 0.25) is 0 Å². The van der Waals surface area contributed by atoms with Crippen molar-refractivity contribution in [2.45, 2.75) is 44.1 Å². The van der Waals surface area contributed by atoms with Crippen molar-refractivity contribution in [2.24, 2.45) is 0 Å². The van der Waals surface area contributed by atoms with Crippen molar-refractivity contribution in [2.75, 3.05) is 6.54 Å². The molecule has 1 fully saturated rings. The van der Waals surface area contributed by atoms with Crippen molar-refractivity contribution >= 4 is 16.9 Å². The van der Waals surface area contributed by atoms with Crippen molar-refractivity contribution in [3.8, 4) is 0 Å².